The van der Waals surface area contributed by atoms with Crippen LogP contribution in [0.3, 0.4) is 0 Å². The van der Waals surface area contributed by atoms with E-state index < -0.39 is 11.3 Å². The van der Waals surface area contributed by atoms with Crippen LogP contribution in [0.5, 0.6) is 0 Å². The fraction of sp³-hybridized carbons (Fsp3) is 0.909. The summed E-state index contributed by atoms with van der Waals surface area (Å²) < 4.78 is 17.8. The Bertz CT molecular complexity index is 590. The number of rotatable bonds is 3. The number of carbonyl (C=O) groups excluding carboxylic acids is 2. The van der Waals surface area contributed by atoms with E-state index in [0.29, 0.717) is 12.3 Å². The summed E-state index contributed by atoms with van der Waals surface area (Å²) in [5, 5.41) is 0. The lowest BCUT2D eigenvalue weighted by molar-refractivity contribution is -0.152. The molecule has 2 aliphatic heterocycles. The van der Waals surface area contributed by atoms with Crippen LogP contribution in [0.4, 0.5) is 4.79 Å². The van der Waals surface area contributed by atoms with E-state index in [1.54, 1.807) is 4.90 Å². The van der Waals surface area contributed by atoms with Gasteiger partial charge in [-0.05, 0) is 47.0 Å². The molecular weight excluding hydrogens is 358 g/mol. The van der Waals surface area contributed by atoms with Crippen molar-refractivity contribution in [1.82, 2.24) is 4.90 Å². The van der Waals surface area contributed by atoms with Gasteiger partial charge in [0.15, 0.2) is 0 Å². The first kappa shape index (κ1) is 21.4. The Morgan fingerprint density at radius 1 is 1.21 bits per heavy atom. The normalized spacial score (nSPS) is 33.8. The summed E-state index contributed by atoms with van der Waals surface area (Å²) in [6, 6.07) is -0.143. The molecule has 0 N–H and O–H groups in total. The van der Waals surface area contributed by atoms with E-state index in [4.69, 9.17) is 14.2 Å². The molecule has 1 saturated carbocycles. The first-order chi connectivity index (χ1) is 13.0. The summed E-state index contributed by atoms with van der Waals surface area (Å²) in [5.74, 6) is 0.277. The minimum Gasteiger partial charge on any atom is -0.459 e. The molecule has 1 aliphatic carbocycles. The van der Waals surface area contributed by atoms with E-state index in [1.807, 2.05) is 41.5 Å². The van der Waals surface area contributed by atoms with E-state index >= 15 is 0 Å². The van der Waals surface area contributed by atoms with E-state index in [1.165, 1.54) is 32.1 Å². The number of carbonyl (C=O) groups is 2. The Morgan fingerprint density at radius 2 is 1.86 bits per heavy atom. The quantitative estimate of drug-likeness (QED) is 0.651. The fourth-order valence-corrected chi connectivity index (χ4v) is 4.97. The molecule has 0 aromatic heterocycles. The third-order valence-corrected chi connectivity index (χ3v) is 6.23. The Kier molecular flexibility index (Phi) is 6.00. The van der Waals surface area contributed by atoms with Gasteiger partial charge in [-0.25, -0.2) is 4.79 Å². The smallest absolute Gasteiger partial charge is 0.412 e. The Labute approximate surface area is 169 Å². The van der Waals surface area contributed by atoms with Crippen LogP contribution < -0.4 is 0 Å². The molecule has 160 valence electrons. The molecule has 3 aliphatic rings. The summed E-state index contributed by atoms with van der Waals surface area (Å²) in [5.41, 5.74) is -1.38. The molecular formula is C22H37NO5. The highest BCUT2D eigenvalue weighted by Gasteiger charge is 2.56. The zero-order valence-electron chi connectivity index (χ0n) is 18.3. The van der Waals surface area contributed by atoms with Gasteiger partial charge in [0.2, 0.25) is 0 Å². The van der Waals surface area contributed by atoms with Crippen molar-refractivity contribution in [3.63, 3.8) is 0 Å². The monoisotopic (exact) mass is 395 g/mol. The highest BCUT2D eigenvalue weighted by Crippen LogP contribution is 2.42. The standard InChI is InChI=1S/C22H37NO5/c1-14-12-17(26-19(14)24)18-16(13-15-10-8-7-9-11-15)23(22(5,6)27-18)20(25)28-21(2,3)4/h14-18H,7-13H2,1-6H3. The van der Waals surface area contributed by atoms with Crippen LogP contribution in [0.25, 0.3) is 0 Å². The van der Waals surface area contributed by atoms with Gasteiger partial charge >= 0.3 is 12.1 Å². The first-order valence-electron chi connectivity index (χ1n) is 10.9. The lowest BCUT2D eigenvalue weighted by Gasteiger charge is -2.37. The van der Waals surface area contributed by atoms with Crippen LogP contribution in [-0.4, -0.2) is 46.5 Å². The summed E-state index contributed by atoms with van der Waals surface area (Å²) in [6.45, 7) is 11.3. The molecule has 3 rings (SSSR count). The average Bonchev–Trinajstić information content (AvgIpc) is 3.03. The number of hydrogen-bond donors (Lipinski definition) is 0. The van der Waals surface area contributed by atoms with Crippen LogP contribution in [0.1, 0.15) is 86.5 Å². The predicted molar refractivity (Wildman–Crippen MR) is 106 cm³/mol. The van der Waals surface area contributed by atoms with Crippen LogP contribution in [0.2, 0.25) is 0 Å². The SMILES string of the molecule is CC1CC(C2OC(C)(C)N(C(=O)OC(C)(C)C)C2CC2CCCCC2)OC1=O. The highest BCUT2D eigenvalue weighted by molar-refractivity contribution is 5.74. The van der Waals surface area contributed by atoms with Crippen molar-refractivity contribution >= 4 is 12.1 Å². The van der Waals surface area contributed by atoms with Crippen LogP contribution >= 0.6 is 0 Å². The topological polar surface area (TPSA) is 65.1 Å². The number of ether oxygens (including phenoxy) is 3. The molecule has 2 saturated heterocycles. The maximum absolute atomic E-state index is 13.1. The van der Waals surface area contributed by atoms with Crippen molar-refractivity contribution in [2.75, 3.05) is 0 Å². The van der Waals surface area contributed by atoms with Gasteiger partial charge in [-0.2, -0.15) is 0 Å². The molecule has 4 unspecified atom stereocenters. The summed E-state index contributed by atoms with van der Waals surface area (Å²) in [7, 11) is 0. The van der Waals surface area contributed by atoms with Gasteiger partial charge in [0.1, 0.15) is 23.5 Å². The molecule has 6 heteroatoms. The molecule has 2 heterocycles. The zero-order chi connectivity index (χ0) is 20.7. The van der Waals surface area contributed by atoms with Gasteiger partial charge in [0.25, 0.3) is 0 Å². The van der Waals surface area contributed by atoms with E-state index in [-0.39, 0.29) is 36.2 Å². The first-order valence-corrected chi connectivity index (χ1v) is 10.9. The molecule has 3 fully saturated rings. The second-order valence-corrected chi connectivity index (χ2v) is 10.3. The van der Waals surface area contributed by atoms with Crippen molar-refractivity contribution in [3.8, 4) is 0 Å². The molecule has 0 aromatic carbocycles. The van der Waals surface area contributed by atoms with Gasteiger partial charge in [0, 0.05) is 6.42 Å². The average molecular weight is 396 g/mol. The van der Waals surface area contributed by atoms with Gasteiger partial charge < -0.3 is 14.2 Å². The Hall–Kier alpha value is -1.30. The second kappa shape index (κ2) is 7.85. The number of cyclic esters (lactones) is 1. The minimum absolute atomic E-state index is 0.123. The van der Waals surface area contributed by atoms with Crippen molar-refractivity contribution < 1.29 is 23.8 Å². The molecule has 0 bridgehead atoms. The molecule has 4 atom stereocenters. The number of hydrogen-bond acceptors (Lipinski definition) is 5. The maximum Gasteiger partial charge on any atom is 0.412 e. The third-order valence-electron chi connectivity index (χ3n) is 6.23. The Morgan fingerprint density at radius 3 is 2.39 bits per heavy atom. The van der Waals surface area contributed by atoms with Crippen LogP contribution in [0, 0.1) is 11.8 Å². The number of nitrogens with zero attached hydrogens (tertiary/aromatic N) is 1. The minimum atomic E-state index is -0.801. The van der Waals surface area contributed by atoms with Gasteiger partial charge in [-0.3, -0.25) is 9.69 Å². The Balaban J connectivity index is 1.86. The molecule has 0 radical (unpaired) electrons. The van der Waals surface area contributed by atoms with E-state index in [9.17, 15) is 9.59 Å². The van der Waals surface area contributed by atoms with Gasteiger partial charge in [-0.1, -0.05) is 39.0 Å². The molecule has 0 aromatic rings. The summed E-state index contributed by atoms with van der Waals surface area (Å²) >= 11 is 0. The van der Waals surface area contributed by atoms with Gasteiger partial charge in [0.05, 0.1) is 12.0 Å². The van der Waals surface area contributed by atoms with Gasteiger partial charge in [-0.15, -0.1) is 0 Å². The van der Waals surface area contributed by atoms with E-state index in [0.717, 1.165) is 6.42 Å². The molecule has 6 nitrogen and oxygen atoms in total. The van der Waals surface area contributed by atoms with Crippen molar-refractivity contribution in [2.24, 2.45) is 11.8 Å². The lowest BCUT2D eigenvalue weighted by Crippen LogP contribution is -2.51. The maximum atomic E-state index is 13.1. The van der Waals surface area contributed by atoms with Crippen LogP contribution in [0.15, 0.2) is 0 Å². The number of amides is 1. The van der Waals surface area contributed by atoms with Crippen molar-refractivity contribution in [2.45, 2.75) is 116 Å². The highest BCUT2D eigenvalue weighted by atomic mass is 16.6. The zero-order valence-corrected chi connectivity index (χ0v) is 18.3. The lowest BCUT2D eigenvalue weighted by atomic mass is 9.82. The molecule has 1 amide bonds. The van der Waals surface area contributed by atoms with E-state index in [2.05, 4.69) is 0 Å². The molecule has 0 spiro atoms. The van der Waals surface area contributed by atoms with Crippen molar-refractivity contribution in [3.05, 3.63) is 0 Å². The summed E-state index contributed by atoms with van der Waals surface area (Å²) in [6.07, 6.45) is 6.71. The third kappa shape index (κ3) is 4.64. The number of esters is 1. The van der Waals surface area contributed by atoms with Crippen molar-refractivity contribution in [1.29, 1.82) is 0 Å². The fourth-order valence-electron chi connectivity index (χ4n) is 4.97. The molecule has 28 heavy (non-hydrogen) atoms. The second-order valence-electron chi connectivity index (χ2n) is 10.3. The largest absolute Gasteiger partial charge is 0.459 e. The summed E-state index contributed by atoms with van der Waals surface area (Å²) in [4.78, 5) is 26.9. The predicted octanol–water partition coefficient (Wildman–Crippen LogP) is 4.65. The van der Waals surface area contributed by atoms with Crippen LogP contribution in [-0.2, 0) is 19.0 Å².